The van der Waals surface area contributed by atoms with Gasteiger partial charge < -0.3 is 10.2 Å². The zero-order valence-corrected chi connectivity index (χ0v) is 5.29. The molecule has 0 aromatic heterocycles. The van der Waals surface area contributed by atoms with Gasteiger partial charge >= 0.3 is 5.97 Å². The molecule has 0 spiro atoms. The van der Waals surface area contributed by atoms with Gasteiger partial charge in [-0.25, -0.2) is 0 Å². The van der Waals surface area contributed by atoms with E-state index in [1.165, 1.54) is 6.08 Å². The predicted molar refractivity (Wildman–Crippen MR) is 33.3 cm³/mol. The molecule has 3 heteroatoms. The Labute approximate surface area is 53.6 Å². The predicted octanol–water partition coefficient (Wildman–Crippen LogP) is 1.31. The lowest BCUT2D eigenvalue weighted by Gasteiger charge is -1.92. The Kier molecular flexibility index (Phi) is 3.51. The van der Waals surface area contributed by atoms with Crippen molar-refractivity contribution in [1.82, 2.24) is 0 Å². The number of aliphatic hydroxyl groups is 1. The summed E-state index contributed by atoms with van der Waals surface area (Å²) in [7, 11) is 0. The zero-order valence-electron chi connectivity index (χ0n) is 5.29. The summed E-state index contributed by atoms with van der Waals surface area (Å²) in [5.41, 5.74) is 0. The Morgan fingerprint density at radius 1 is 1.44 bits per heavy atom. The van der Waals surface area contributed by atoms with Gasteiger partial charge in [-0.05, 0) is 13.0 Å². The lowest BCUT2D eigenvalue weighted by atomic mass is 10.2. The lowest BCUT2D eigenvalue weighted by Crippen LogP contribution is -1.94. The van der Waals surface area contributed by atoms with Crippen LogP contribution in [0.3, 0.4) is 0 Å². The molecule has 0 aliphatic heterocycles. The maximum atomic E-state index is 9.88. The molecule has 0 fully saturated rings. The van der Waals surface area contributed by atoms with Crippen LogP contribution in [0.2, 0.25) is 0 Å². The summed E-state index contributed by atoms with van der Waals surface area (Å²) in [6.07, 6.45) is 1.71. The van der Waals surface area contributed by atoms with Crippen LogP contribution in [0, 0.1) is 0 Å². The van der Waals surface area contributed by atoms with Crippen molar-refractivity contribution in [2.45, 2.75) is 19.8 Å². The van der Waals surface area contributed by atoms with Crippen LogP contribution in [0.15, 0.2) is 11.8 Å². The Morgan fingerprint density at radius 3 is 2.33 bits per heavy atom. The number of rotatable bonds is 3. The SMILES string of the molecule is CC=C(O)CCC(=O)O. The number of carboxylic acids is 1. The van der Waals surface area contributed by atoms with Gasteiger partial charge in [0.05, 0.1) is 12.2 Å². The van der Waals surface area contributed by atoms with Crippen LogP contribution in [-0.4, -0.2) is 16.2 Å². The quantitative estimate of drug-likeness (QED) is 0.566. The van der Waals surface area contributed by atoms with Crippen LogP contribution in [0.1, 0.15) is 19.8 Å². The average Bonchev–Trinajstić information content (AvgIpc) is 1.83. The smallest absolute Gasteiger partial charge is 0.303 e. The van der Waals surface area contributed by atoms with E-state index in [2.05, 4.69) is 0 Å². The maximum absolute atomic E-state index is 9.88. The van der Waals surface area contributed by atoms with E-state index in [-0.39, 0.29) is 18.6 Å². The zero-order chi connectivity index (χ0) is 7.28. The third-order valence-electron chi connectivity index (χ3n) is 0.928. The van der Waals surface area contributed by atoms with Crippen molar-refractivity contribution in [3.8, 4) is 0 Å². The molecule has 0 rings (SSSR count). The fourth-order valence-corrected chi connectivity index (χ4v) is 0.379. The van der Waals surface area contributed by atoms with Gasteiger partial charge in [0.2, 0.25) is 0 Å². The molecule has 0 atom stereocenters. The number of carbonyl (C=O) groups is 1. The Morgan fingerprint density at radius 2 is 2.00 bits per heavy atom. The first-order chi connectivity index (χ1) is 4.16. The molecular formula is C6H10O3. The number of allylic oxidation sites excluding steroid dienone is 2. The van der Waals surface area contributed by atoms with E-state index in [1.807, 2.05) is 0 Å². The van der Waals surface area contributed by atoms with E-state index in [4.69, 9.17) is 10.2 Å². The molecule has 0 bridgehead atoms. The fraction of sp³-hybridized carbons (Fsp3) is 0.500. The molecule has 3 nitrogen and oxygen atoms in total. The van der Waals surface area contributed by atoms with E-state index >= 15 is 0 Å². The maximum Gasteiger partial charge on any atom is 0.303 e. The molecule has 0 heterocycles. The summed E-state index contributed by atoms with van der Waals surface area (Å²) in [6, 6.07) is 0. The Balaban J connectivity index is 3.39. The molecule has 0 aromatic rings. The van der Waals surface area contributed by atoms with E-state index in [1.54, 1.807) is 6.92 Å². The van der Waals surface area contributed by atoms with Crippen LogP contribution in [0.25, 0.3) is 0 Å². The van der Waals surface area contributed by atoms with Gasteiger partial charge in [0.15, 0.2) is 0 Å². The van der Waals surface area contributed by atoms with E-state index in [0.29, 0.717) is 0 Å². The van der Waals surface area contributed by atoms with Crippen LogP contribution in [-0.2, 0) is 4.79 Å². The number of aliphatic carboxylic acids is 1. The van der Waals surface area contributed by atoms with Crippen molar-refractivity contribution in [2.24, 2.45) is 0 Å². The van der Waals surface area contributed by atoms with Gasteiger partial charge in [0, 0.05) is 6.42 Å². The molecule has 0 unspecified atom stereocenters. The summed E-state index contributed by atoms with van der Waals surface area (Å²) in [5, 5.41) is 16.8. The second-order valence-corrected chi connectivity index (χ2v) is 1.67. The molecule has 2 N–H and O–H groups in total. The second-order valence-electron chi connectivity index (χ2n) is 1.67. The van der Waals surface area contributed by atoms with Crippen LogP contribution < -0.4 is 0 Å². The van der Waals surface area contributed by atoms with Crippen molar-refractivity contribution in [3.63, 3.8) is 0 Å². The van der Waals surface area contributed by atoms with E-state index in [0.717, 1.165) is 0 Å². The minimum atomic E-state index is -0.886. The first-order valence-corrected chi connectivity index (χ1v) is 2.72. The van der Waals surface area contributed by atoms with Crippen molar-refractivity contribution in [1.29, 1.82) is 0 Å². The lowest BCUT2D eigenvalue weighted by molar-refractivity contribution is -0.137. The molecule has 0 aliphatic carbocycles. The van der Waals surface area contributed by atoms with Crippen LogP contribution >= 0.6 is 0 Å². The molecule has 0 saturated heterocycles. The summed E-state index contributed by atoms with van der Waals surface area (Å²) >= 11 is 0. The molecule has 9 heavy (non-hydrogen) atoms. The monoisotopic (exact) mass is 130 g/mol. The number of hydrogen-bond donors (Lipinski definition) is 2. The highest BCUT2D eigenvalue weighted by Crippen LogP contribution is 1.98. The van der Waals surface area contributed by atoms with E-state index < -0.39 is 5.97 Å². The summed E-state index contributed by atoms with van der Waals surface area (Å²) in [6.45, 7) is 1.66. The van der Waals surface area contributed by atoms with Crippen LogP contribution in [0.4, 0.5) is 0 Å². The molecule has 0 saturated carbocycles. The number of hydrogen-bond acceptors (Lipinski definition) is 2. The second kappa shape index (κ2) is 3.95. The minimum Gasteiger partial charge on any atom is -0.513 e. The average molecular weight is 130 g/mol. The van der Waals surface area contributed by atoms with Gasteiger partial charge in [-0.1, -0.05) is 0 Å². The fourth-order valence-electron chi connectivity index (χ4n) is 0.379. The van der Waals surface area contributed by atoms with Gasteiger partial charge in [-0.15, -0.1) is 0 Å². The van der Waals surface area contributed by atoms with Gasteiger partial charge in [-0.2, -0.15) is 0 Å². The molecule has 0 aromatic carbocycles. The highest BCUT2D eigenvalue weighted by atomic mass is 16.4. The molecule has 0 aliphatic rings. The summed E-state index contributed by atoms with van der Waals surface area (Å²) in [5.74, 6) is -0.749. The third kappa shape index (κ3) is 4.87. The van der Waals surface area contributed by atoms with E-state index in [9.17, 15) is 4.79 Å². The first kappa shape index (κ1) is 8.01. The number of aliphatic hydroxyl groups excluding tert-OH is 1. The van der Waals surface area contributed by atoms with Crippen molar-refractivity contribution in [3.05, 3.63) is 11.8 Å². The first-order valence-electron chi connectivity index (χ1n) is 2.72. The number of carboxylic acid groups (broad SMARTS) is 1. The normalized spacial score (nSPS) is 11.4. The topological polar surface area (TPSA) is 57.5 Å². The van der Waals surface area contributed by atoms with Gasteiger partial charge in [-0.3, -0.25) is 4.79 Å². The molecule has 0 radical (unpaired) electrons. The standard InChI is InChI=1S/C6H10O3/c1-2-5(7)3-4-6(8)9/h2,7H,3-4H2,1H3,(H,8,9). The summed E-state index contributed by atoms with van der Waals surface area (Å²) < 4.78 is 0. The minimum absolute atomic E-state index is 0.00380. The summed E-state index contributed by atoms with van der Waals surface area (Å²) in [4.78, 5) is 9.88. The van der Waals surface area contributed by atoms with Crippen molar-refractivity contribution >= 4 is 5.97 Å². The highest BCUT2D eigenvalue weighted by molar-refractivity contribution is 5.66. The third-order valence-corrected chi connectivity index (χ3v) is 0.928. The van der Waals surface area contributed by atoms with Gasteiger partial charge in [0.25, 0.3) is 0 Å². The highest BCUT2D eigenvalue weighted by Gasteiger charge is 1.97. The van der Waals surface area contributed by atoms with Crippen molar-refractivity contribution in [2.75, 3.05) is 0 Å². The van der Waals surface area contributed by atoms with Crippen LogP contribution in [0.5, 0.6) is 0 Å². The Bertz CT molecular complexity index is 126. The molecular weight excluding hydrogens is 120 g/mol. The molecule has 52 valence electrons. The largest absolute Gasteiger partial charge is 0.513 e. The van der Waals surface area contributed by atoms with Gasteiger partial charge in [0.1, 0.15) is 0 Å². The molecule has 0 amide bonds. The van der Waals surface area contributed by atoms with Crippen molar-refractivity contribution < 1.29 is 15.0 Å². The Hall–Kier alpha value is -0.990.